The fraction of sp³-hybridized carbons (Fsp3) is 0.143. The number of benzene rings is 2. The molecule has 12 heteroatoms. The molecule has 0 aliphatic heterocycles. The zero-order chi connectivity index (χ0) is 23.4. The summed E-state index contributed by atoms with van der Waals surface area (Å²) < 4.78 is 5.99. The number of amides is 1. The van der Waals surface area contributed by atoms with Crippen LogP contribution in [-0.2, 0) is 6.54 Å². The fourth-order valence-electron chi connectivity index (χ4n) is 3.15. The number of aromatic nitrogens is 5. The first-order valence-corrected chi connectivity index (χ1v) is 9.88. The molecule has 2 aromatic carbocycles. The molecule has 0 saturated heterocycles. The van der Waals surface area contributed by atoms with Crippen LogP contribution >= 0.6 is 0 Å². The van der Waals surface area contributed by atoms with Gasteiger partial charge in [-0.15, -0.1) is 5.10 Å². The Kier molecular flexibility index (Phi) is 5.98. The van der Waals surface area contributed by atoms with Crippen molar-refractivity contribution < 1.29 is 14.5 Å². The molecule has 168 valence electrons. The number of hydrogen-bond donors (Lipinski definition) is 3. The molecule has 2 heterocycles. The number of hydrazone groups is 1. The van der Waals surface area contributed by atoms with Crippen LogP contribution in [-0.4, -0.2) is 49.1 Å². The third kappa shape index (κ3) is 4.49. The Hall–Kier alpha value is -4.74. The summed E-state index contributed by atoms with van der Waals surface area (Å²) in [5.74, 6) is -0.420. The van der Waals surface area contributed by atoms with E-state index in [4.69, 9.17) is 5.73 Å². The number of nitrogens with one attached hydrogen (secondary N) is 1. The Labute approximate surface area is 188 Å². The van der Waals surface area contributed by atoms with E-state index in [1.807, 2.05) is 42.3 Å². The van der Waals surface area contributed by atoms with Crippen molar-refractivity contribution in [3.8, 4) is 11.6 Å². The second-order valence-corrected chi connectivity index (χ2v) is 7.12. The molecule has 12 nitrogen and oxygen atoms in total. The van der Waals surface area contributed by atoms with Gasteiger partial charge in [-0.2, -0.15) is 9.78 Å². The first-order valence-electron chi connectivity index (χ1n) is 9.88. The van der Waals surface area contributed by atoms with Gasteiger partial charge in [0.05, 0.1) is 18.0 Å². The van der Waals surface area contributed by atoms with Gasteiger partial charge in [-0.25, -0.2) is 10.1 Å². The van der Waals surface area contributed by atoms with Gasteiger partial charge in [-0.3, -0.25) is 4.79 Å². The van der Waals surface area contributed by atoms with Gasteiger partial charge in [-0.05, 0) is 41.5 Å². The van der Waals surface area contributed by atoms with Crippen molar-refractivity contribution >= 4 is 23.1 Å². The molecule has 0 fully saturated rings. The van der Waals surface area contributed by atoms with E-state index in [1.165, 1.54) is 10.7 Å². The van der Waals surface area contributed by atoms with Crippen LogP contribution in [0, 0.1) is 0 Å². The van der Waals surface area contributed by atoms with Crippen molar-refractivity contribution in [1.82, 2.24) is 30.7 Å². The van der Waals surface area contributed by atoms with Crippen LogP contribution < -0.4 is 16.1 Å². The summed E-state index contributed by atoms with van der Waals surface area (Å²) in [5, 5.41) is 29.5. The maximum Gasteiger partial charge on any atom is 0.293 e. The summed E-state index contributed by atoms with van der Waals surface area (Å²) in [7, 11) is 1.86. The highest BCUT2D eigenvalue weighted by molar-refractivity contribution is 6.02. The predicted octanol–water partition coefficient (Wildman–Crippen LogP) is 1.73. The van der Waals surface area contributed by atoms with Crippen LogP contribution in [0.25, 0.3) is 5.82 Å². The molecule has 0 spiro atoms. The van der Waals surface area contributed by atoms with Gasteiger partial charge in [0, 0.05) is 18.3 Å². The molecule has 0 aliphatic carbocycles. The summed E-state index contributed by atoms with van der Waals surface area (Å²) in [6, 6.07) is 16.3. The van der Waals surface area contributed by atoms with Crippen molar-refractivity contribution in [3.05, 3.63) is 71.5 Å². The first-order chi connectivity index (χ1) is 16.0. The Balaban J connectivity index is 1.65. The highest BCUT2D eigenvalue weighted by Crippen LogP contribution is 2.21. The zero-order valence-corrected chi connectivity index (χ0v) is 17.9. The second-order valence-electron chi connectivity index (χ2n) is 7.12. The van der Waals surface area contributed by atoms with E-state index < -0.39 is 5.91 Å². The van der Waals surface area contributed by atoms with Crippen LogP contribution in [0.4, 0.5) is 11.5 Å². The monoisotopic (exact) mass is 447 g/mol. The highest BCUT2D eigenvalue weighted by atomic mass is 16.6. The summed E-state index contributed by atoms with van der Waals surface area (Å²) in [4.78, 5) is 14.9. The van der Waals surface area contributed by atoms with Crippen molar-refractivity contribution in [2.75, 3.05) is 17.7 Å². The zero-order valence-electron chi connectivity index (χ0n) is 17.9. The minimum absolute atomic E-state index is 0.00360. The van der Waals surface area contributed by atoms with Crippen molar-refractivity contribution in [3.63, 3.8) is 0 Å². The molecule has 33 heavy (non-hydrogen) atoms. The van der Waals surface area contributed by atoms with Gasteiger partial charge in [0.1, 0.15) is 5.75 Å². The quantitative estimate of drug-likeness (QED) is 0.283. The number of rotatable bonds is 7. The third-order valence-corrected chi connectivity index (χ3v) is 4.88. The first kappa shape index (κ1) is 21.5. The number of phenols is 1. The molecule has 0 saturated carbocycles. The molecular weight excluding hydrogens is 426 g/mol. The van der Waals surface area contributed by atoms with Crippen LogP contribution in [0.15, 0.2) is 64.3 Å². The topological polar surface area (TPSA) is 161 Å². The van der Waals surface area contributed by atoms with E-state index in [0.29, 0.717) is 17.0 Å². The summed E-state index contributed by atoms with van der Waals surface area (Å²) in [5.41, 5.74) is 10.5. The van der Waals surface area contributed by atoms with E-state index in [0.717, 1.165) is 5.69 Å². The minimum atomic E-state index is -0.595. The molecule has 4 aromatic rings. The SMILES string of the molecule is CC(=NNC(=O)c1nnn(-c2nonc2N)c1CN(C)c1ccccc1)c1ccccc1O. The summed E-state index contributed by atoms with van der Waals surface area (Å²) in [6.45, 7) is 1.91. The number of hydrogen-bond acceptors (Lipinski definition) is 10. The lowest BCUT2D eigenvalue weighted by molar-refractivity contribution is 0.0948. The summed E-state index contributed by atoms with van der Waals surface area (Å²) in [6.07, 6.45) is 0. The van der Waals surface area contributed by atoms with Crippen LogP contribution in [0.5, 0.6) is 5.75 Å². The number of phenolic OH excluding ortho intramolecular Hbond substituents is 1. The summed E-state index contributed by atoms with van der Waals surface area (Å²) >= 11 is 0. The number of para-hydroxylation sites is 2. The molecule has 1 amide bonds. The Morgan fingerprint density at radius 1 is 1.18 bits per heavy atom. The number of nitrogen functional groups attached to an aromatic ring is 1. The average Bonchev–Trinajstić information content (AvgIpc) is 3.43. The van der Waals surface area contributed by atoms with Crippen LogP contribution in [0.3, 0.4) is 0 Å². The van der Waals surface area contributed by atoms with Crippen molar-refractivity contribution in [2.24, 2.45) is 5.10 Å². The molecule has 4 N–H and O–H groups in total. The third-order valence-electron chi connectivity index (χ3n) is 4.88. The molecule has 2 aromatic heterocycles. The molecular formula is C21H21N9O3. The van der Waals surface area contributed by atoms with E-state index in [9.17, 15) is 9.90 Å². The van der Waals surface area contributed by atoms with E-state index >= 15 is 0 Å². The Morgan fingerprint density at radius 3 is 2.61 bits per heavy atom. The van der Waals surface area contributed by atoms with Gasteiger partial charge >= 0.3 is 0 Å². The van der Waals surface area contributed by atoms with Crippen LogP contribution in [0.1, 0.15) is 28.7 Å². The highest BCUT2D eigenvalue weighted by Gasteiger charge is 2.25. The van der Waals surface area contributed by atoms with Gasteiger partial charge in [0.2, 0.25) is 11.6 Å². The number of nitrogens with two attached hydrogens (primary N) is 1. The molecule has 0 bridgehead atoms. The smallest absolute Gasteiger partial charge is 0.293 e. The molecule has 0 unspecified atom stereocenters. The molecule has 0 aliphatic rings. The minimum Gasteiger partial charge on any atom is -0.507 e. The number of anilines is 2. The van der Waals surface area contributed by atoms with E-state index in [-0.39, 0.29) is 29.6 Å². The molecule has 0 radical (unpaired) electrons. The molecule has 0 atom stereocenters. The lowest BCUT2D eigenvalue weighted by atomic mass is 10.1. The van der Waals surface area contributed by atoms with Crippen molar-refractivity contribution in [1.29, 1.82) is 0 Å². The fourth-order valence-corrected chi connectivity index (χ4v) is 3.15. The van der Waals surface area contributed by atoms with E-state index in [1.54, 1.807) is 25.1 Å². The standard InChI is InChI=1S/C21H21N9O3/c1-13(15-10-6-7-11-17(15)31)23-25-21(32)18-16(12-29(2)14-8-4-3-5-9-14)30(28-24-18)20-19(22)26-33-27-20/h3-11,31H,12H2,1-2H3,(H2,22,26)(H,25,32). The van der Waals surface area contributed by atoms with E-state index in [2.05, 4.69) is 35.8 Å². The lowest BCUT2D eigenvalue weighted by Crippen LogP contribution is -2.25. The number of carbonyl (C=O) groups excluding carboxylic acids is 1. The van der Waals surface area contributed by atoms with Gasteiger partial charge in [0.25, 0.3) is 5.91 Å². The average molecular weight is 447 g/mol. The Bertz CT molecular complexity index is 1300. The molecule has 4 rings (SSSR count). The normalized spacial score (nSPS) is 11.4. The van der Waals surface area contributed by atoms with Crippen molar-refractivity contribution in [2.45, 2.75) is 13.5 Å². The number of aromatic hydroxyl groups is 1. The second kappa shape index (κ2) is 9.18. The van der Waals surface area contributed by atoms with Gasteiger partial charge < -0.3 is 15.7 Å². The number of nitrogens with zero attached hydrogens (tertiary/aromatic N) is 7. The maximum atomic E-state index is 13.0. The number of carbonyl (C=O) groups is 1. The van der Waals surface area contributed by atoms with Gasteiger partial charge in [-0.1, -0.05) is 35.5 Å². The lowest BCUT2D eigenvalue weighted by Gasteiger charge is -2.19. The van der Waals surface area contributed by atoms with Gasteiger partial charge in [0.15, 0.2) is 5.69 Å². The maximum absolute atomic E-state index is 13.0. The Morgan fingerprint density at radius 2 is 1.91 bits per heavy atom. The van der Waals surface area contributed by atoms with Crippen LogP contribution in [0.2, 0.25) is 0 Å². The predicted molar refractivity (Wildman–Crippen MR) is 120 cm³/mol. The largest absolute Gasteiger partial charge is 0.507 e.